The second-order valence-corrected chi connectivity index (χ2v) is 11.0. The summed E-state index contributed by atoms with van der Waals surface area (Å²) in [6.45, 7) is 1.67. The normalized spacial score (nSPS) is 15.7. The van der Waals surface area contributed by atoms with E-state index in [0.29, 0.717) is 33.0 Å². The molecule has 2 heterocycles. The van der Waals surface area contributed by atoms with Gasteiger partial charge in [0.15, 0.2) is 16.9 Å². The Balaban J connectivity index is 1.31. The van der Waals surface area contributed by atoms with Crippen LogP contribution in [0.4, 0.5) is 5.69 Å². The Morgan fingerprint density at radius 1 is 1.19 bits per heavy atom. The lowest BCUT2D eigenvalue weighted by molar-refractivity contribution is -0.115. The number of amides is 1. The predicted molar refractivity (Wildman–Crippen MR) is 142 cm³/mol. The van der Waals surface area contributed by atoms with Crippen molar-refractivity contribution in [2.45, 2.75) is 36.9 Å². The molecule has 190 valence electrons. The van der Waals surface area contributed by atoms with Gasteiger partial charge in [0.1, 0.15) is 0 Å². The average molecular weight is 557 g/mol. The van der Waals surface area contributed by atoms with Gasteiger partial charge >= 0.3 is 0 Å². The summed E-state index contributed by atoms with van der Waals surface area (Å²) in [5, 5.41) is 7.34. The van der Waals surface area contributed by atoms with Crippen LogP contribution in [-0.4, -0.2) is 29.8 Å². The maximum absolute atomic E-state index is 12.7. The molecule has 0 spiro atoms. The largest absolute Gasteiger partial charge is 0.334 e. The van der Waals surface area contributed by atoms with Crippen molar-refractivity contribution in [1.82, 2.24) is 15.1 Å². The van der Waals surface area contributed by atoms with Gasteiger partial charge in [0.25, 0.3) is 5.89 Å². The molecule has 4 aromatic rings. The Bertz CT molecular complexity index is 1450. The highest BCUT2D eigenvalue weighted by atomic mass is 35.5. The molecule has 11 heteroatoms. The summed E-state index contributed by atoms with van der Waals surface area (Å²) in [4.78, 5) is 21.3. The number of pyridine rings is 1. The van der Waals surface area contributed by atoms with E-state index >= 15 is 0 Å². The highest BCUT2D eigenvalue weighted by Gasteiger charge is 2.52. The van der Waals surface area contributed by atoms with Crippen molar-refractivity contribution in [1.29, 1.82) is 0 Å². The number of aromatic nitrogens is 3. The molecule has 0 saturated heterocycles. The second-order valence-electron chi connectivity index (χ2n) is 8.95. The lowest BCUT2D eigenvalue weighted by Crippen LogP contribution is -2.16. The molecule has 1 aliphatic rings. The summed E-state index contributed by atoms with van der Waals surface area (Å²) in [5.41, 5.74) is 2.85. The first kappa shape index (κ1) is 25.5. The van der Waals surface area contributed by atoms with Crippen LogP contribution in [0, 0.1) is 0 Å². The highest BCUT2D eigenvalue weighted by Crippen LogP contribution is 2.57. The van der Waals surface area contributed by atoms with Crippen LogP contribution in [0.25, 0.3) is 11.5 Å². The topological polar surface area (TPSA) is 118 Å². The van der Waals surface area contributed by atoms with Crippen LogP contribution in [0.5, 0.6) is 0 Å². The number of nitrogens with one attached hydrogen (secondary N) is 1. The van der Waals surface area contributed by atoms with E-state index in [4.69, 9.17) is 27.7 Å². The number of carbonyl (C=O) groups excluding carboxylic acids is 1. The zero-order valence-corrected chi connectivity index (χ0v) is 22.0. The number of hydrogen-bond donors (Lipinski definition) is 2. The summed E-state index contributed by atoms with van der Waals surface area (Å²) in [6.07, 6.45) is 4.98. The molecule has 2 N–H and O–H groups in total. The van der Waals surface area contributed by atoms with E-state index in [9.17, 15) is 13.6 Å². The van der Waals surface area contributed by atoms with Crippen LogP contribution in [0.15, 0.2) is 65.4 Å². The fourth-order valence-electron chi connectivity index (χ4n) is 4.25. The van der Waals surface area contributed by atoms with Gasteiger partial charge in [-0.2, -0.15) is 4.98 Å². The average Bonchev–Trinajstić information content (AvgIpc) is 3.50. The minimum absolute atomic E-state index is 0.123. The number of halogens is 2. The van der Waals surface area contributed by atoms with Gasteiger partial charge in [0.05, 0.1) is 22.6 Å². The van der Waals surface area contributed by atoms with Crippen molar-refractivity contribution in [3.05, 3.63) is 93.5 Å². The molecule has 2 aromatic heterocycles. The molecule has 1 saturated carbocycles. The summed E-state index contributed by atoms with van der Waals surface area (Å²) in [5.74, 6) is 0.638. The molecular weight excluding hydrogens is 535 g/mol. The molecule has 0 aliphatic heterocycles. The predicted octanol–water partition coefficient (Wildman–Crippen LogP) is 5.98. The van der Waals surface area contributed by atoms with Crippen molar-refractivity contribution in [2.24, 2.45) is 0 Å². The van der Waals surface area contributed by atoms with Gasteiger partial charge in [0.2, 0.25) is 5.91 Å². The number of hydrogen-bond acceptors (Lipinski definition) is 6. The maximum Gasteiger partial charge on any atom is 0.259 e. The Morgan fingerprint density at radius 3 is 2.49 bits per heavy atom. The minimum Gasteiger partial charge on any atom is -0.334 e. The van der Waals surface area contributed by atoms with Gasteiger partial charge in [-0.25, -0.2) is 4.21 Å². The molecule has 2 aromatic carbocycles. The molecule has 37 heavy (non-hydrogen) atoms. The van der Waals surface area contributed by atoms with Gasteiger partial charge in [-0.05, 0) is 55.2 Å². The smallest absolute Gasteiger partial charge is 0.259 e. The van der Waals surface area contributed by atoms with Crippen LogP contribution in [-0.2, 0) is 27.7 Å². The van der Waals surface area contributed by atoms with E-state index in [1.807, 2.05) is 6.07 Å². The third kappa shape index (κ3) is 5.31. The zero-order chi connectivity index (χ0) is 26.2. The maximum atomic E-state index is 12.7. The van der Waals surface area contributed by atoms with E-state index in [1.54, 1.807) is 61.8 Å². The molecule has 2 atom stereocenters. The van der Waals surface area contributed by atoms with Crippen LogP contribution >= 0.6 is 23.2 Å². The van der Waals surface area contributed by atoms with E-state index in [2.05, 4.69) is 20.4 Å². The Labute approximate surface area is 225 Å². The number of anilines is 1. The Hall–Kier alpha value is -3.11. The van der Waals surface area contributed by atoms with Gasteiger partial charge in [0, 0.05) is 33.7 Å². The van der Waals surface area contributed by atoms with E-state index in [0.717, 1.165) is 29.5 Å². The summed E-state index contributed by atoms with van der Waals surface area (Å²) >= 11 is 11.4. The second kappa shape index (κ2) is 10.3. The quantitative estimate of drug-likeness (QED) is 0.256. The van der Waals surface area contributed by atoms with Crippen LogP contribution in [0.1, 0.15) is 47.5 Å². The van der Waals surface area contributed by atoms with Gasteiger partial charge < -0.3 is 14.4 Å². The summed E-state index contributed by atoms with van der Waals surface area (Å²) in [6, 6.07) is 14.0. The third-order valence-corrected chi connectivity index (χ3v) is 7.91. The highest BCUT2D eigenvalue weighted by molar-refractivity contribution is 7.79. The van der Waals surface area contributed by atoms with Gasteiger partial charge in [-0.1, -0.05) is 52.6 Å². The molecule has 1 aliphatic carbocycles. The van der Waals surface area contributed by atoms with Crippen LogP contribution < -0.4 is 5.32 Å². The fourth-order valence-corrected chi connectivity index (χ4v) is 5.49. The SMILES string of the molecule is CC(c1ccc(CC(=O)Nc2cc(Cl)c(C3(c4noc(-c5cccnc5)n4)CC3)c(Cl)c2)cc1)S(=O)O. The standard InChI is InChI=1S/C26H22Cl2N4O4S/c1-15(37(34)35)17-6-4-16(5-7-17)11-22(33)30-19-12-20(27)23(21(28)13-19)26(8-9-26)25-31-24(36-32-25)18-3-2-10-29-14-18/h2-7,10,12-15H,8-9,11H2,1H3,(H,30,33)(H,34,35). The van der Waals surface area contributed by atoms with E-state index in [1.165, 1.54) is 0 Å². The van der Waals surface area contributed by atoms with E-state index in [-0.39, 0.29) is 12.3 Å². The number of rotatable bonds is 8. The molecular formula is C26H22Cl2N4O4S. The molecule has 5 rings (SSSR count). The van der Waals surface area contributed by atoms with Crippen molar-refractivity contribution in [2.75, 3.05) is 5.32 Å². The van der Waals surface area contributed by atoms with Crippen molar-refractivity contribution < 1.29 is 18.1 Å². The Kier molecular flexibility index (Phi) is 7.13. The fraction of sp³-hybridized carbons (Fsp3) is 0.231. The molecule has 1 amide bonds. The zero-order valence-electron chi connectivity index (χ0n) is 19.6. The lowest BCUT2D eigenvalue weighted by atomic mass is 9.94. The van der Waals surface area contributed by atoms with Gasteiger partial charge in [-0.3, -0.25) is 9.78 Å². The molecule has 8 nitrogen and oxygen atoms in total. The summed E-state index contributed by atoms with van der Waals surface area (Å²) in [7, 11) is 0. The molecule has 0 bridgehead atoms. The summed E-state index contributed by atoms with van der Waals surface area (Å²) < 4.78 is 26.0. The van der Waals surface area contributed by atoms with Crippen molar-refractivity contribution >= 4 is 45.9 Å². The Morgan fingerprint density at radius 2 is 1.89 bits per heavy atom. The van der Waals surface area contributed by atoms with E-state index < -0.39 is 21.7 Å². The van der Waals surface area contributed by atoms with Crippen LogP contribution in [0.2, 0.25) is 10.0 Å². The lowest BCUT2D eigenvalue weighted by Gasteiger charge is -2.17. The molecule has 2 unspecified atom stereocenters. The van der Waals surface area contributed by atoms with Crippen molar-refractivity contribution in [3.63, 3.8) is 0 Å². The monoisotopic (exact) mass is 556 g/mol. The third-order valence-electron chi connectivity index (χ3n) is 6.43. The molecule has 1 fully saturated rings. The minimum atomic E-state index is -1.95. The first-order valence-electron chi connectivity index (χ1n) is 11.5. The number of nitrogens with zero attached hydrogens (tertiary/aromatic N) is 3. The van der Waals surface area contributed by atoms with Crippen LogP contribution in [0.3, 0.4) is 0 Å². The van der Waals surface area contributed by atoms with Crippen molar-refractivity contribution in [3.8, 4) is 11.5 Å². The first-order chi connectivity index (χ1) is 17.8. The number of benzene rings is 2. The van der Waals surface area contributed by atoms with Gasteiger partial charge in [-0.15, -0.1) is 0 Å². The molecule has 0 radical (unpaired) electrons. The number of carbonyl (C=O) groups is 1. The first-order valence-corrected chi connectivity index (χ1v) is 13.4.